The highest BCUT2D eigenvalue weighted by Gasteiger charge is 2.34. The minimum atomic E-state index is -0.0758. The van der Waals surface area contributed by atoms with Gasteiger partial charge in [-0.05, 0) is 50.0 Å². The Morgan fingerprint density at radius 2 is 2.19 bits per heavy atom. The van der Waals surface area contributed by atoms with E-state index >= 15 is 0 Å². The number of nitrogen functional groups attached to an aromatic ring is 1. The number of benzene rings is 1. The first-order chi connectivity index (χ1) is 10.2. The number of carbonyl (C=O) groups excluding carboxylic acids is 1. The normalized spacial score (nSPS) is 27.4. The fourth-order valence-electron chi connectivity index (χ4n) is 3.24. The second-order valence-electron chi connectivity index (χ2n) is 5.72. The summed E-state index contributed by atoms with van der Waals surface area (Å²) in [6, 6.07) is 5.29. The van der Waals surface area contributed by atoms with Crippen LogP contribution >= 0.6 is 11.6 Å². The Balaban J connectivity index is 1.69. The van der Waals surface area contributed by atoms with Crippen molar-refractivity contribution in [1.82, 2.24) is 10.2 Å². The molecule has 1 atom stereocenters. The Morgan fingerprint density at radius 1 is 1.43 bits per heavy atom. The van der Waals surface area contributed by atoms with Gasteiger partial charge in [0.15, 0.2) is 6.07 Å². The van der Waals surface area contributed by atoms with Crippen LogP contribution in [-0.4, -0.2) is 42.5 Å². The lowest BCUT2D eigenvalue weighted by Crippen LogP contribution is -2.57. The number of hydrogen-bond acceptors (Lipinski definition) is 4. The van der Waals surface area contributed by atoms with Gasteiger partial charge in [0, 0.05) is 18.2 Å². The Bertz CT molecular complexity index is 530. The summed E-state index contributed by atoms with van der Waals surface area (Å²) in [7, 11) is 0. The van der Waals surface area contributed by atoms with Gasteiger partial charge in [-0.15, -0.1) is 0 Å². The second-order valence-corrected chi connectivity index (χ2v) is 5.94. The fourth-order valence-corrected chi connectivity index (χ4v) is 3.36. The predicted molar refractivity (Wildman–Crippen MR) is 82.6 cm³/mol. The summed E-state index contributed by atoms with van der Waals surface area (Å²) in [5.74, 6) is 0.978. The van der Waals surface area contributed by atoms with E-state index < -0.39 is 0 Å². The Hall–Kier alpha value is -1.46. The van der Waals surface area contributed by atoms with Crippen molar-refractivity contribution < 1.29 is 9.53 Å². The van der Waals surface area contributed by atoms with E-state index in [2.05, 4.69) is 10.2 Å². The molecule has 3 fully saturated rings. The number of nitrogens with two attached hydrogens (primary N) is 1. The van der Waals surface area contributed by atoms with Gasteiger partial charge < -0.3 is 20.7 Å². The van der Waals surface area contributed by atoms with Crippen LogP contribution < -0.4 is 15.8 Å². The smallest absolute Gasteiger partial charge is 0.251 e. The Morgan fingerprint density at radius 3 is 2.81 bits per heavy atom. The van der Waals surface area contributed by atoms with Crippen LogP contribution in [0.3, 0.4) is 0 Å². The lowest BCUT2D eigenvalue weighted by molar-refractivity contribution is 0.0620. The molecule has 0 unspecified atom stereocenters. The molecule has 21 heavy (non-hydrogen) atoms. The molecule has 3 N–H and O–H groups in total. The molecule has 3 aliphatic rings. The molecule has 3 aliphatic heterocycles. The van der Waals surface area contributed by atoms with Crippen molar-refractivity contribution in [2.45, 2.75) is 18.9 Å². The fraction of sp³-hybridized carbons (Fsp3) is 0.533. The van der Waals surface area contributed by atoms with Crippen LogP contribution in [0.1, 0.15) is 23.2 Å². The molecule has 4 rings (SSSR count). The number of carbonyl (C=O) groups is 1. The molecule has 0 spiro atoms. The summed E-state index contributed by atoms with van der Waals surface area (Å²) >= 11 is 5.55. The zero-order valence-electron chi connectivity index (χ0n) is 11.8. The molecule has 114 valence electrons. The van der Waals surface area contributed by atoms with E-state index in [9.17, 15) is 4.79 Å². The highest BCUT2D eigenvalue weighted by molar-refractivity contribution is 6.17. The van der Waals surface area contributed by atoms with Gasteiger partial charge in [0.25, 0.3) is 5.91 Å². The van der Waals surface area contributed by atoms with Crippen LogP contribution in [0.25, 0.3) is 0 Å². The van der Waals surface area contributed by atoms with Gasteiger partial charge in [0.1, 0.15) is 5.75 Å². The minimum absolute atomic E-state index is 0.00886. The molecular formula is C15H20ClN3O2. The molecule has 3 heterocycles. The standard InChI is InChI=1S/C15H20ClN3O2/c16-9-21-14-7-11(1-2-12(14)17)15(20)18-13-8-19-5-3-10(13)4-6-19/h1-2,7,10,13H,3-6,8-9,17H2,(H,18,20)/t13-/m1/s1. The van der Waals surface area contributed by atoms with Crippen molar-refractivity contribution in [3.8, 4) is 5.75 Å². The molecule has 3 saturated heterocycles. The van der Waals surface area contributed by atoms with Crippen LogP contribution in [0, 0.1) is 5.92 Å². The van der Waals surface area contributed by atoms with Crippen LogP contribution in [0.5, 0.6) is 5.75 Å². The van der Waals surface area contributed by atoms with Crippen LogP contribution in [0.2, 0.25) is 0 Å². The summed E-state index contributed by atoms with van der Waals surface area (Å²) in [5, 5.41) is 3.15. The van der Waals surface area contributed by atoms with Crippen molar-refractivity contribution in [2.24, 2.45) is 5.92 Å². The van der Waals surface area contributed by atoms with Gasteiger partial charge in [-0.3, -0.25) is 4.79 Å². The van der Waals surface area contributed by atoms with Crippen molar-refractivity contribution in [3.63, 3.8) is 0 Å². The SMILES string of the molecule is Nc1ccc(C(=O)N[C@@H]2CN3CCC2CC3)cc1OCCl. The van der Waals surface area contributed by atoms with Gasteiger partial charge in [0.2, 0.25) is 0 Å². The number of fused-ring (bicyclic) bond motifs is 3. The zero-order chi connectivity index (χ0) is 14.8. The molecule has 0 saturated carbocycles. The minimum Gasteiger partial charge on any atom is -0.476 e. The van der Waals surface area contributed by atoms with E-state index in [-0.39, 0.29) is 18.0 Å². The van der Waals surface area contributed by atoms with E-state index in [0.29, 0.717) is 22.9 Å². The first-order valence-electron chi connectivity index (χ1n) is 7.29. The number of piperidine rings is 3. The number of halogens is 1. The number of rotatable bonds is 4. The maximum atomic E-state index is 12.4. The molecule has 0 radical (unpaired) electrons. The van der Waals surface area contributed by atoms with E-state index in [1.54, 1.807) is 18.2 Å². The molecule has 1 amide bonds. The Kier molecular flexibility index (Phi) is 4.22. The maximum Gasteiger partial charge on any atom is 0.251 e. The second kappa shape index (κ2) is 6.12. The third kappa shape index (κ3) is 3.09. The molecule has 1 aromatic rings. The van der Waals surface area contributed by atoms with Crippen LogP contribution in [0.15, 0.2) is 18.2 Å². The lowest BCUT2D eigenvalue weighted by Gasteiger charge is -2.44. The summed E-state index contributed by atoms with van der Waals surface area (Å²) in [6.45, 7) is 3.27. The number of alkyl halides is 1. The van der Waals surface area contributed by atoms with E-state index in [1.165, 1.54) is 12.8 Å². The summed E-state index contributed by atoms with van der Waals surface area (Å²) in [4.78, 5) is 14.8. The molecular weight excluding hydrogens is 290 g/mol. The monoisotopic (exact) mass is 309 g/mol. The van der Waals surface area contributed by atoms with Crippen LogP contribution in [0.4, 0.5) is 5.69 Å². The average Bonchev–Trinajstić information content (AvgIpc) is 2.51. The van der Waals surface area contributed by atoms with E-state index in [4.69, 9.17) is 22.1 Å². The quantitative estimate of drug-likeness (QED) is 0.656. The predicted octanol–water partition coefficient (Wildman–Crippen LogP) is 1.67. The molecule has 0 aliphatic carbocycles. The molecule has 6 heteroatoms. The first-order valence-corrected chi connectivity index (χ1v) is 7.82. The zero-order valence-corrected chi connectivity index (χ0v) is 12.6. The Labute approximate surface area is 129 Å². The first kappa shape index (κ1) is 14.5. The number of nitrogens with one attached hydrogen (secondary N) is 1. The third-order valence-electron chi connectivity index (χ3n) is 4.46. The number of ether oxygens (including phenoxy) is 1. The topological polar surface area (TPSA) is 67.6 Å². The molecule has 5 nitrogen and oxygen atoms in total. The van der Waals surface area contributed by atoms with Gasteiger partial charge in [-0.1, -0.05) is 11.6 Å². The molecule has 1 aromatic carbocycles. The van der Waals surface area contributed by atoms with E-state index in [1.807, 2.05) is 0 Å². The van der Waals surface area contributed by atoms with Gasteiger partial charge in [-0.25, -0.2) is 0 Å². The van der Waals surface area contributed by atoms with Crippen molar-refractivity contribution in [2.75, 3.05) is 31.4 Å². The summed E-state index contributed by atoms with van der Waals surface area (Å²) in [5.41, 5.74) is 6.83. The highest BCUT2D eigenvalue weighted by atomic mass is 35.5. The van der Waals surface area contributed by atoms with Gasteiger partial charge in [0.05, 0.1) is 5.69 Å². The lowest BCUT2D eigenvalue weighted by atomic mass is 9.84. The van der Waals surface area contributed by atoms with Crippen molar-refractivity contribution >= 4 is 23.2 Å². The van der Waals surface area contributed by atoms with Crippen molar-refractivity contribution in [1.29, 1.82) is 0 Å². The maximum absolute atomic E-state index is 12.4. The summed E-state index contributed by atoms with van der Waals surface area (Å²) in [6.07, 6.45) is 2.35. The number of anilines is 1. The van der Waals surface area contributed by atoms with Gasteiger partial charge in [-0.2, -0.15) is 0 Å². The number of hydrogen-bond donors (Lipinski definition) is 2. The summed E-state index contributed by atoms with van der Waals surface area (Å²) < 4.78 is 5.22. The molecule has 2 bridgehead atoms. The van der Waals surface area contributed by atoms with Gasteiger partial charge >= 0.3 is 0 Å². The number of nitrogens with zero attached hydrogens (tertiary/aromatic N) is 1. The average molecular weight is 310 g/mol. The van der Waals surface area contributed by atoms with Crippen LogP contribution in [-0.2, 0) is 0 Å². The highest BCUT2D eigenvalue weighted by Crippen LogP contribution is 2.28. The largest absolute Gasteiger partial charge is 0.476 e. The number of amides is 1. The van der Waals surface area contributed by atoms with E-state index in [0.717, 1.165) is 19.6 Å². The molecule has 0 aromatic heterocycles. The third-order valence-corrected chi connectivity index (χ3v) is 4.57. The van der Waals surface area contributed by atoms with Crippen molar-refractivity contribution in [3.05, 3.63) is 23.8 Å².